The van der Waals surface area contributed by atoms with Gasteiger partial charge >= 0.3 is 0 Å². The molecule has 64 valence electrons. The molecule has 0 heterocycles. The number of benzene rings is 1. The quantitative estimate of drug-likeness (QED) is 0.640. The number of aliphatic hydroxyl groups excluding tert-OH is 1. The third kappa shape index (κ3) is 1.71. The van der Waals surface area contributed by atoms with Gasteiger partial charge in [0.2, 0.25) is 0 Å². The molecule has 0 aliphatic rings. The van der Waals surface area contributed by atoms with E-state index in [-0.39, 0.29) is 12.3 Å². The first kappa shape index (κ1) is 8.94. The minimum atomic E-state index is -0.192. The lowest BCUT2D eigenvalue weighted by Gasteiger charge is -2.03. The summed E-state index contributed by atoms with van der Waals surface area (Å²) in [6, 6.07) is 5.75. The third-order valence-corrected chi connectivity index (χ3v) is 2.01. The molecular weight excluding hydrogens is 150 g/mol. The first-order chi connectivity index (χ1) is 5.65. The highest BCUT2D eigenvalue weighted by Gasteiger charge is 2.00. The van der Waals surface area contributed by atoms with Crippen molar-refractivity contribution in [2.24, 2.45) is 0 Å². The molecule has 1 aromatic rings. The van der Waals surface area contributed by atoms with Crippen LogP contribution in [0.4, 0.5) is 0 Å². The molecule has 0 radical (unpaired) electrons. The van der Waals surface area contributed by atoms with Crippen LogP contribution in [0.15, 0.2) is 18.2 Å². The van der Waals surface area contributed by atoms with Crippen LogP contribution in [0.2, 0.25) is 0 Å². The SMILES string of the molecule is Cc1ccc(C(=N)CO)cc1C. The molecule has 0 atom stereocenters. The molecule has 2 nitrogen and oxygen atoms in total. The zero-order chi connectivity index (χ0) is 9.14. The standard InChI is InChI=1S/C10H13NO/c1-7-3-4-9(5-8(7)2)10(11)6-12/h3-5,11-12H,6H2,1-2H3. The summed E-state index contributed by atoms with van der Waals surface area (Å²) in [6.45, 7) is 3.84. The minimum absolute atomic E-state index is 0.192. The van der Waals surface area contributed by atoms with Gasteiger partial charge in [-0.05, 0) is 36.6 Å². The van der Waals surface area contributed by atoms with Crippen LogP contribution < -0.4 is 0 Å². The Labute approximate surface area is 72.4 Å². The van der Waals surface area contributed by atoms with Crippen LogP contribution in [-0.4, -0.2) is 17.4 Å². The van der Waals surface area contributed by atoms with E-state index in [1.807, 2.05) is 32.0 Å². The Morgan fingerprint density at radius 1 is 1.33 bits per heavy atom. The molecule has 1 aromatic carbocycles. The van der Waals surface area contributed by atoms with Crippen molar-refractivity contribution in [2.75, 3.05) is 6.61 Å². The summed E-state index contributed by atoms with van der Waals surface area (Å²) in [7, 11) is 0. The second-order valence-electron chi connectivity index (χ2n) is 2.94. The van der Waals surface area contributed by atoms with E-state index in [2.05, 4.69) is 0 Å². The number of nitrogens with one attached hydrogen (secondary N) is 1. The summed E-state index contributed by atoms with van der Waals surface area (Å²) < 4.78 is 0. The maximum Gasteiger partial charge on any atom is 0.0851 e. The van der Waals surface area contributed by atoms with Crippen LogP contribution >= 0.6 is 0 Å². The Balaban J connectivity index is 3.05. The van der Waals surface area contributed by atoms with Crippen LogP contribution in [0.25, 0.3) is 0 Å². The van der Waals surface area contributed by atoms with E-state index >= 15 is 0 Å². The highest BCUT2D eigenvalue weighted by Crippen LogP contribution is 2.09. The lowest BCUT2D eigenvalue weighted by molar-refractivity contribution is 0.357. The average Bonchev–Trinajstić information content (AvgIpc) is 2.08. The predicted octanol–water partition coefficient (Wildman–Crippen LogP) is 1.66. The van der Waals surface area contributed by atoms with Gasteiger partial charge in [0.25, 0.3) is 0 Å². The van der Waals surface area contributed by atoms with Crippen molar-refractivity contribution in [3.63, 3.8) is 0 Å². The van der Waals surface area contributed by atoms with Crippen LogP contribution in [0.3, 0.4) is 0 Å². The van der Waals surface area contributed by atoms with E-state index in [1.165, 1.54) is 5.56 Å². The lowest BCUT2D eigenvalue weighted by Crippen LogP contribution is -2.04. The van der Waals surface area contributed by atoms with E-state index in [9.17, 15) is 0 Å². The van der Waals surface area contributed by atoms with Gasteiger partial charge in [0.1, 0.15) is 0 Å². The molecule has 0 amide bonds. The summed E-state index contributed by atoms with van der Waals surface area (Å²) in [5.41, 5.74) is 3.45. The first-order valence-corrected chi connectivity index (χ1v) is 3.91. The summed E-state index contributed by atoms with van der Waals surface area (Å²) in [6.07, 6.45) is 0. The van der Waals surface area contributed by atoms with Gasteiger partial charge in [0, 0.05) is 0 Å². The summed E-state index contributed by atoms with van der Waals surface area (Å²) in [5, 5.41) is 16.1. The van der Waals surface area contributed by atoms with Crippen molar-refractivity contribution < 1.29 is 5.11 Å². The summed E-state index contributed by atoms with van der Waals surface area (Å²) in [5.74, 6) is 0. The number of aliphatic hydroxyl groups is 1. The predicted molar refractivity (Wildman–Crippen MR) is 49.8 cm³/mol. The van der Waals surface area contributed by atoms with Crippen molar-refractivity contribution >= 4 is 5.71 Å². The van der Waals surface area contributed by atoms with Crippen molar-refractivity contribution in [2.45, 2.75) is 13.8 Å². The van der Waals surface area contributed by atoms with Crippen LogP contribution in [0.5, 0.6) is 0 Å². The number of hydrogen-bond acceptors (Lipinski definition) is 2. The van der Waals surface area contributed by atoms with Gasteiger partial charge in [-0.2, -0.15) is 0 Å². The van der Waals surface area contributed by atoms with E-state index < -0.39 is 0 Å². The van der Waals surface area contributed by atoms with E-state index in [4.69, 9.17) is 10.5 Å². The fourth-order valence-corrected chi connectivity index (χ4v) is 1.02. The maximum absolute atomic E-state index is 8.72. The second kappa shape index (κ2) is 3.50. The van der Waals surface area contributed by atoms with Crippen molar-refractivity contribution in [3.8, 4) is 0 Å². The highest BCUT2D eigenvalue weighted by atomic mass is 16.3. The van der Waals surface area contributed by atoms with Gasteiger partial charge in [-0.25, -0.2) is 0 Å². The zero-order valence-electron chi connectivity index (χ0n) is 7.39. The highest BCUT2D eigenvalue weighted by molar-refractivity contribution is 5.99. The van der Waals surface area contributed by atoms with Crippen molar-refractivity contribution in [3.05, 3.63) is 34.9 Å². The molecule has 2 heteroatoms. The molecule has 1 rings (SSSR count). The van der Waals surface area contributed by atoms with Gasteiger partial charge in [-0.1, -0.05) is 12.1 Å². The van der Waals surface area contributed by atoms with Gasteiger partial charge in [0.15, 0.2) is 0 Å². The second-order valence-corrected chi connectivity index (χ2v) is 2.94. The van der Waals surface area contributed by atoms with Crippen LogP contribution in [0.1, 0.15) is 16.7 Å². The molecule has 0 unspecified atom stereocenters. The normalized spacial score (nSPS) is 9.92. The molecule has 0 aliphatic carbocycles. The molecule has 0 aliphatic heterocycles. The largest absolute Gasteiger partial charge is 0.390 e. The summed E-state index contributed by atoms with van der Waals surface area (Å²) in [4.78, 5) is 0. The van der Waals surface area contributed by atoms with Crippen LogP contribution in [-0.2, 0) is 0 Å². The number of hydrogen-bond donors (Lipinski definition) is 2. The van der Waals surface area contributed by atoms with E-state index in [0.717, 1.165) is 11.1 Å². The molecule has 0 saturated carbocycles. The lowest BCUT2D eigenvalue weighted by atomic mass is 10.0. The number of rotatable bonds is 2. The smallest absolute Gasteiger partial charge is 0.0851 e. The Bertz CT molecular complexity index is 305. The molecular formula is C10H13NO. The van der Waals surface area contributed by atoms with E-state index in [0.29, 0.717) is 0 Å². The van der Waals surface area contributed by atoms with Crippen LogP contribution in [0, 0.1) is 19.3 Å². The molecule has 0 fully saturated rings. The topological polar surface area (TPSA) is 44.1 Å². The molecule has 0 bridgehead atoms. The van der Waals surface area contributed by atoms with Gasteiger partial charge in [-0.3, -0.25) is 0 Å². The first-order valence-electron chi connectivity index (χ1n) is 3.91. The monoisotopic (exact) mass is 163 g/mol. The minimum Gasteiger partial charge on any atom is -0.390 e. The van der Waals surface area contributed by atoms with Gasteiger partial charge < -0.3 is 10.5 Å². The summed E-state index contributed by atoms with van der Waals surface area (Å²) >= 11 is 0. The van der Waals surface area contributed by atoms with Gasteiger partial charge in [-0.15, -0.1) is 0 Å². The van der Waals surface area contributed by atoms with Crippen molar-refractivity contribution in [1.29, 1.82) is 5.41 Å². The van der Waals surface area contributed by atoms with Gasteiger partial charge in [0.05, 0.1) is 12.3 Å². The molecule has 0 aromatic heterocycles. The van der Waals surface area contributed by atoms with Crippen molar-refractivity contribution in [1.82, 2.24) is 0 Å². The Morgan fingerprint density at radius 2 is 2.00 bits per heavy atom. The molecule has 2 N–H and O–H groups in total. The molecule has 0 spiro atoms. The maximum atomic E-state index is 8.72. The third-order valence-electron chi connectivity index (χ3n) is 2.01. The van der Waals surface area contributed by atoms with E-state index in [1.54, 1.807) is 0 Å². The molecule has 0 saturated heterocycles. The Hall–Kier alpha value is -1.15. The fourth-order valence-electron chi connectivity index (χ4n) is 1.02. The Morgan fingerprint density at radius 3 is 2.50 bits per heavy atom. The number of aryl methyl sites for hydroxylation is 2. The average molecular weight is 163 g/mol. The fraction of sp³-hybridized carbons (Fsp3) is 0.300. The zero-order valence-corrected chi connectivity index (χ0v) is 7.39. The Kier molecular flexibility index (Phi) is 2.61. The molecule has 12 heavy (non-hydrogen) atoms.